The molecule has 0 aromatic heterocycles. The smallest absolute Gasteiger partial charge is 0.282 e. The van der Waals surface area contributed by atoms with Crippen molar-refractivity contribution in [1.82, 2.24) is 0 Å². The zero-order valence-corrected chi connectivity index (χ0v) is 14.0. The number of carbonyl (C=O) groups excluding carboxylic acids is 1. The third-order valence-corrected chi connectivity index (χ3v) is 3.68. The molecule has 0 heterocycles. The summed E-state index contributed by atoms with van der Waals surface area (Å²) in [5, 5.41) is 13.7. The molecule has 0 aliphatic carbocycles. The van der Waals surface area contributed by atoms with Gasteiger partial charge in [0, 0.05) is 11.8 Å². The number of para-hydroxylation sites is 1. The summed E-state index contributed by atoms with van der Waals surface area (Å²) < 4.78 is 5.75. The molecular formula is C20H16N2O4. The van der Waals surface area contributed by atoms with Crippen molar-refractivity contribution in [3.63, 3.8) is 0 Å². The number of hydrogen-bond acceptors (Lipinski definition) is 4. The maximum Gasteiger partial charge on any atom is 0.282 e. The van der Waals surface area contributed by atoms with Crippen LogP contribution in [0.2, 0.25) is 0 Å². The normalized spacial score (nSPS) is 10.2. The standard InChI is InChI=1S/C20H16N2O4/c1-14-5-4-6-17(13-14)26-16-11-9-15(10-12-16)21-20(23)18-7-2-3-8-19(18)22(24)25/h2-13H,1H3,(H,21,23). The molecule has 0 saturated carbocycles. The Balaban J connectivity index is 1.71. The van der Waals surface area contributed by atoms with Gasteiger partial charge in [0.2, 0.25) is 0 Å². The summed E-state index contributed by atoms with van der Waals surface area (Å²) in [7, 11) is 0. The fourth-order valence-electron chi connectivity index (χ4n) is 2.44. The van der Waals surface area contributed by atoms with Crippen LogP contribution in [0.5, 0.6) is 11.5 Å². The van der Waals surface area contributed by atoms with Crippen molar-refractivity contribution in [2.24, 2.45) is 0 Å². The molecule has 0 aliphatic rings. The van der Waals surface area contributed by atoms with Crippen molar-refractivity contribution in [3.05, 3.63) is 94.0 Å². The van der Waals surface area contributed by atoms with E-state index in [4.69, 9.17) is 4.74 Å². The second-order valence-corrected chi connectivity index (χ2v) is 5.67. The number of aryl methyl sites for hydroxylation is 1. The molecule has 0 atom stereocenters. The van der Waals surface area contributed by atoms with Crippen molar-refractivity contribution in [1.29, 1.82) is 0 Å². The zero-order chi connectivity index (χ0) is 18.5. The van der Waals surface area contributed by atoms with Gasteiger partial charge in [-0.1, -0.05) is 24.3 Å². The first-order chi connectivity index (χ1) is 12.5. The Morgan fingerprint density at radius 2 is 1.69 bits per heavy atom. The van der Waals surface area contributed by atoms with Gasteiger partial charge in [-0.25, -0.2) is 0 Å². The molecular weight excluding hydrogens is 332 g/mol. The molecule has 0 fully saturated rings. The van der Waals surface area contributed by atoms with Gasteiger partial charge in [-0.15, -0.1) is 0 Å². The first kappa shape index (κ1) is 17.2. The molecule has 1 N–H and O–H groups in total. The number of carbonyl (C=O) groups is 1. The lowest BCUT2D eigenvalue weighted by atomic mass is 10.1. The summed E-state index contributed by atoms with van der Waals surface area (Å²) in [6.07, 6.45) is 0. The minimum absolute atomic E-state index is 0.0117. The number of nitrogens with zero attached hydrogens (tertiary/aromatic N) is 1. The van der Waals surface area contributed by atoms with E-state index in [0.717, 1.165) is 11.3 Å². The van der Waals surface area contributed by atoms with Crippen LogP contribution >= 0.6 is 0 Å². The molecule has 0 saturated heterocycles. The van der Waals surface area contributed by atoms with E-state index in [1.807, 2.05) is 31.2 Å². The summed E-state index contributed by atoms with van der Waals surface area (Å²) >= 11 is 0. The van der Waals surface area contributed by atoms with E-state index in [0.29, 0.717) is 11.4 Å². The molecule has 130 valence electrons. The highest BCUT2D eigenvalue weighted by Crippen LogP contribution is 2.24. The Hall–Kier alpha value is -3.67. The van der Waals surface area contributed by atoms with Crippen LogP contribution < -0.4 is 10.1 Å². The van der Waals surface area contributed by atoms with Gasteiger partial charge < -0.3 is 10.1 Å². The van der Waals surface area contributed by atoms with Crippen LogP contribution in [-0.4, -0.2) is 10.8 Å². The van der Waals surface area contributed by atoms with Crippen LogP contribution in [0.4, 0.5) is 11.4 Å². The van der Waals surface area contributed by atoms with Crippen LogP contribution in [0, 0.1) is 17.0 Å². The van der Waals surface area contributed by atoms with Gasteiger partial charge in [-0.3, -0.25) is 14.9 Å². The third-order valence-electron chi connectivity index (χ3n) is 3.68. The Labute approximate surface area is 150 Å². The highest BCUT2D eigenvalue weighted by Gasteiger charge is 2.19. The van der Waals surface area contributed by atoms with Gasteiger partial charge in [-0.2, -0.15) is 0 Å². The Kier molecular flexibility index (Phi) is 4.94. The Morgan fingerprint density at radius 3 is 2.38 bits per heavy atom. The first-order valence-electron chi connectivity index (χ1n) is 7.92. The molecule has 3 aromatic rings. The summed E-state index contributed by atoms with van der Waals surface area (Å²) in [5.74, 6) is 0.811. The predicted molar refractivity (Wildman–Crippen MR) is 98.7 cm³/mol. The van der Waals surface area contributed by atoms with Crippen molar-refractivity contribution in [2.75, 3.05) is 5.32 Å². The summed E-state index contributed by atoms with van der Waals surface area (Å²) in [4.78, 5) is 22.8. The molecule has 0 spiro atoms. The van der Waals surface area contributed by atoms with Gasteiger partial charge in [0.05, 0.1) is 4.92 Å². The number of hydrogen-bond donors (Lipinski definition) is 1. The zero-order valence-electron chi connectivity index (χ0n) is 14.0. The van der Waals surface area contributed by atoms with E-state index in [1.165, 1.54) is 18.2 Å². The van der Waals surface area contributed by atoms with Crippen molar-refractivity contribution >= 4 is 17.3 Å². The average Bonchev–Trinajstić information content (AvgIpc) is 2.63. The van der Waals surface area contributed by atoms with Gasteiger partial charge in [0.1, 0.15) is 17.1 Å². The van der Waals surface area contributed by atoms with Crippen LogP contribution in [-0.2, 0) is 0 Å². The highest BCUT2D eigenvalue weighted by atomic mass is 16.6. The molecule has 26 heavy (non-hydrogen) atoms. The molecule has 0 bridgehead atoms. The molecule has 6 heteroatoms. The quantitative estimate of drug-likeness (QED) is 0.522. The number of nitro benzene ring substituents is 1. The molecule has 1 amide bonds. The van der Waals surface area contributed by atoms with Crippen molar-refractivity contribution in [3.8, 4) is 11.5 Å². The fourth-order valence-corrected chi connectivity index (χ4v) is 2.44. The number of benzene rings is 3. The largest absolute Gasteiger partial charge is 0.457 e. The summed E-state index contributed by atoms with van der Waals surface area (Å²) in [6.45, 7) is 1.98. The second-order valence-electron chi connectivity index (χ2n) is 5.67. The van der Waals surface area contributed by atoms with Crippen molar-refractivity contribution in [2.45, 2.75) is 6.92 Å². The lowest BCUT2D eigenvalue weighted by molar-refractivity contribution is -0.385. The van der Waals surface area contributed by atoms with E-state index >= 15 is 0 Å². The number of nitro groups is 1. The average molecular weight is 348 g/mol. The van der Waals surface area contributed by atoms with E-state index in [2.05, 4.69) is 5.32 Å². The van der Waals surface area contributed by atoms with Crippen LogP contribution in [0.15, 0.2) is 72.8 Å². The lowest BCUT2D eigenvalue weighted by Gasteiger charge is -2.09. The van der Waals surface area contributed by atoms with Crippen LogP contribution in [0.1, 0.15) is 15.9 Å². The van der Waals surface area contributed by atoms with Gasteiger partial charge in [0.25, 0.3) is 11.6 Å². The molecule has 0 unspecified atom stereocenters. The van der Waals surface area contributed by atoms with E-state index in [-0.39, 0.29) is 11.3 Å². The SMILES string of the molecule is Cc1cccc(Oc2ccc(NC(=O)c3ccccc3[N+](=O)[O-])cc2)c1. The number of nitrogens with one attached hydrogen (secondary N) is 1. The van der Waals surface area contributed by atoms with Crippen molar-refractivity contribution < 1.29 is 14.5 Å². The topological polar surface area (TPSA) is 81.5 Å². The molecule has 0 aliphatic heterocycles. The molecule has 6 nitrogen and oxygen atoms in total. The fraction of sp³-hybridized carbons (Fsp3) is 0.0500. The van der Waals surface area contributed by atoms with Gasteiger partial charge in [0.15, 0.2) is 0 Å². The predicted octanol–water partition coefficient (Wildman–Crippen LogP) is 4.95. The van der Waals surface area contributed by atoms with E-state index in [9.17, 15) is 14.9 Å². The van der Waals surface area contributed by atoms with E-state index < -0.39 is 10.8 Å². The monoisotopic (exact) mass is 348 g/mol. The third kappa shape index (κ3) is 4.05. The molecule has 3 rings (SSSR count). The van der Waals surface area contributed by atoms with Crippen LogP contribution in [0.25, 0.3) is 0 Å². The lowest BCUT2D eigenvalue weighted by Crippen LogP contribution is -2.13. The van der Waals surface area contributed by atoms with Crippen LogP contribution in [0.3, 0.4) is 0 Å². The van der Waals surface area contributed by atoms with E-state index in [1.54, 1.807) is 30.3 Å². The summed E-state index contributed by atoms with van der Waals surface area (Å²) in [6, 6.07) is 20.3. The molecule has 3 aromatic carbocycles. The Morgan fingerprint density at radius 1 is 0.962 bits per heavy atom. The Bertz CT molecular complexity index is 952. The van der Waals surface area contributed by atoms with Gasteiger partial charge in [-0.05, 0) is 55.0 Å². The molecule has 0 radical (unpaired) electrons. The number of rotatable bonds is 5. The minimum Gasteiger partial charge on any atom is -0.457 e. The first-order valence-corrected chi connectivity index (χ1v) is 7.92. The highest BCUT2D eigenvalue weighted by molar-refractivity contribution is 6.07. The maximum absolute atomic E-state index is 12.3. The maximum atomic E-state index is 12.3. The van der Waals surface area contributed by atoms with Gasteiger partial charge >= 0.3 is 0 Å². The number of anilines is 1. The number of amides is 1. The minimum atomic E-state index is -0.576. The second kappa shape index (κ2) is 7.48. The summed E-state index contributed by atoms with van der Waals surface area (Å²) in [5.41, 5.74) is 1.39. The number of ether oxygens (including phenoxy) is 1.